The standard InChI is InChI=1S/C33H49N7O5/c1-25(41)22-28(29-23-35-26(2)36-24-29)7-5-8-30(12-13-31-11-10-27-6-3-4-9-32(27)38-31)39-33(42)14-16-43-18-20-45-21-19-44-17-15-37-40-34/h10-11,23-24,28,30H,3-9,12-22H2,1-2H3,(H,39,42)/t28-,30?/m1/s1. The number of ketones is 1. The van der Waals surface area contributed by atoms with Crippen molar-refractivity contribution in [1.29, 1.82) is 0 Å². The molecule has 12 nitrogen and oxygen atoms in total. The van der Waals surface area contributed by atoms with Gasteiger partial charge in [0.15, 0.2) is 0 Å². The van der Waals surface area contributed by atoms with E-state index in [0.717, 1.165) is 56.2 Å². The van der Waals surface area contributed by atoms with E-state index in [1.165, 1.54) is 24.1 Å². The van der Waals surface area contributed by atoms with E-state index in [1.54, 1.807) is 6.92 Å². The Bertz CT molecular complexity index is 1220. The topological polar surface area (TPSA) is 161 Å². The molecule has 0 spiro atoms. The van der Waals surface area contributed by atoms with Crippen molar-refractivity contribution in [2.45, 2.75) is 96.4 Å². The van der Waals surface area contributed by atoms with Crippen LogP contribution >= 0.6 is 0 Å². The van der Waals surface area contributed by atoms with Crippen molar-refractivity contribution in [2.24, 2.45) is 5.11 Å². The van der Waals surface area contributed by atoms with Crippen LogP contribution in [0.2, 0.25) is 0 Å². The second-order valence-electron chi connectivity index (χ2n) is 11.6. The lowest BCUT2D eigenvalue weighted by atomic mass is 9.89. The highest BCUT2D eigenvalue weighted by molar-refractivity contribution is 5.76. The Morgan fingerprint density at radius 3 is 2.42 bits per heavy atom. The number of rotatable bonds is 23. The summed E-state index contributed by atoms with van der Waals surface area (Å²) in [5.74, 6) is 0.867. The van der Waals surface area contributed by atoms with Crippen LogP contribution in [0.15, 0.2) is 29.6 Å². The van der Waals surface area contributed by atoms with E-state index < -0.39 is 0 Å². The molecule has 1 aliphatic rings. The van der Waals surface area contributed by atoms with Gasteiger partial charge in [-0.15, -0.1) is 0 Å². The number of carbonyl (C=O) groups excluding carboxylic acids is 2. The molecule has 0 aliphatic heterocycles. The molecule has 2 aromatic rings. The molecule has 0 saturated heterocycles. The summed E-state index contributed by atoms with van der Waals surface area (Å²) in [6, 6.07) is 4.35. The minimum atomic E-state index is -0.0417. The highest BCUT2D eigenvalue weighted by Gasteiger charge is 2.19. The lowest BCUT2D eigenvalue weighted by Crippen LogP contribution is -2.36. The first-order valence-electron chi connectivity index (χ1n) is 16.2. The number of ether oxygens (including phenoxy) is 3. The van der Waals surface area contributed by atoms with Crippen LogP contribution in [0.3, 0.4) is 0 Å². The number of nitrogens with zero attached hydrogens (tertiary/aromatic N) is 6. The molecular weight excluding hydrogens is 574 g/mol. The van der Waals surface area contributed by atoms with Crippen LogP contribution in [0.5, 0.6) is 0 Å². The van der Waals surface area contributed by atoms with Crippen LogP contribution < -0.4 is 5.32 Å². The summed E-state index contributed by atoms with van der Waals surface area (Å²) in [5, 5.41) is 6.63. The fourth-order valence-corrected chi connectivity index (χ4v) is 5.49. The Morgan fingerprint density at radius 1 is 0.978 bits per heavy atom. The number of aryl methyl sites for hydroxylation is 4. The second-order valence-corrected chi connectivity index (χ2v) is 11.6. The minimum Gasteiger partial charge on any atom is -0.379 e. The maximum atomic E-state index is 12.9. The average molecular weight is 624 g/mol. The normalized spacial score (nSPS) is 13.8. The zero-order valence-corrected chi connectivity index (χ0v) is 26.9. The highest BCUT2D eigenvalue weighted by atomic mass is 16.5. The van der Waals surface area contributed by atoms with E-state index in [2.05, 4.69) is 37.4 Å². The molecule has 2 heterocycles. The monoisotopic (exact) mass is 623 g/mol. The number of pyridine rings is 1. The molecule has 0 aromatic carbocycles. The molecule has 12 heteroatoms. The second kappa shape index (κ2) is 21.3. The summed E-state index contributed by atoms with van der Waals surface area (Å²) in [6.45, 7) is 6.08. The van der Waals surface area contributed by atoms with Crippen LogP contribution in [-0.4, -0.2) is 78.9 Å². The number of hydrogen-bond acceptors (Lipinski definition) is 9. The smallest absolute Gasteiger partial charge is 0.222 e. The molecule has 2 aromatic heterocycles. The van der Waals surface area contributed by atoms with Gasteiger partial charge in [-0.3, -0.25) is 9.78 Å². The quantitative estimate of drug-likeness (QED) is 0.0768. The van der Waals surface area contributed by atoms with Crippen LogP contribution in [0.1, 0.15) is 92.5 Å². The Morgan fingerprint density at radius 2 is 1.69 bits per heavy atom. The van der Waals surface area contributed by atoms with Gasteiger partial charge in [-0.25, -0.2) is 9.97 Å². The summed E-state index contributed by atoms with van der Waals surface area (Å²) >= 11 is 0. The predicted octanol–water partition coefficient (Wildman–Crippen LogP) is 5.16. The van der Waals surface area contributed by atoms with Crippen molar-refractivity contribution in [3.8, 4) is 0 Å². The molecule has 3 rings (SSSR count). The van der Waals surface area contributed by atoms with Gasteiger partial charge < -0.3 is 24.3 Å². The Hall–Kier alpha value is -3.44. The zero-order chi connectivity index (χ0) is 32.1. The number of hydrogen-bond donors (Lipinski definition) is 1. The summed E-state index contributed by atoms with van der Waals surface area (Å²) in [4.78, 5) is 41.2. The third-order valence-electron chi connectivity index (χ3n) is 7.88. The summed E-state index contributed by atoms with van der Waals surface area (Å²) in [5.41, 5.74) is 12.9. The number of Topliss-reactive ketones (excluding diaryl/α,β-unsaturated/α-hetero) is 1. The number of fused-ring (bicyclic) bond motifs is 1. The van der Waals surface area contributed by atoms with Gasteiger partial charge in [0.05, 0.1) is 39.6 Å². The van der Waals surface area contributed by atoms with Gasteiger partial charge in [0, 0.05) is 54.1 Å². The van der Waals surface area contributed by atoms with Crippen molar-refractivity contribution in [2.75, 3.05) is 46.2 Å². The Kier molecular flexibility index (Phi) is 17.1. The van der Waals surface area contributed by atoms with E-state index in [1.807, 2.05) is 19.3 Å². The zero-order valence-electron chi connectivity index (χ0n) is 26.9. The van der Waals surface area contributed by atoms with E-state index in [4.69, 9.17) is 24.7 Å². The molecule has 1 unspecified atom stereocenters. The maximum absolute atomic E-state index is 12.9. The van der Waals surface area contributed by atoms with E-state index in [-0.39, 0.29) is 30.1 Å². The first-order chi connectivity index (χ1) is 21.9. The molecule has 1 amide bonds. The van der Waals surface area contributed by atoms with E-state index >= 15 is 0 Å². The van der Waals surface area contributed by atoms with Gasteiger partial charge in [0.1, 0.15) is 11.6 Å². The minimum absolute atomic E-state index is 0.00948. The van der Waals surface area contributed by atoms with Crippen LogP contribution in [0.4, 0.5) is 0 Å². The number of azide groups is 1. The summed E-state index contributed by atoms with van der Waals surface area (Å²) in [6.07, 6.45) is 13.0. The van der Waals surface area contributed by atoms with Crippen molar-refractivity contribution < 1.29 is 23.8 Å². The van der Waals surface area contributed by atoms with Crippen LogP contribution in [-0.2, 0) is 43.1 Å². The lowest BCUT2D eigenvalue weighted by Gasteiger charge is -2.21. The lowest BCUT2D eigenvalue weighted by molar-refractivity contribution is -0.123. The molecule has 2 atom stereocenters. The molecule has 1 aliphatic carbocycles. The van der Waals surface area contributed by atoms with E-state index in [9.17, 15) is 9.59 Å². The highest BCUT2D eigenvalue weighted by Crippen LogP contribution is 2.26. The fraction of sp³-hybridized carbons (Fsp3) is 0.667. The summed E-state index contributed by atoms with van der Waals surface area (Å²) in [7, 11) is 0. The van der Waals surface area contributed by atoms with Gasteiger partial charge in [0.2, 0.25) is 5.91 Å². The first kappa shape index (κ1) is 36.0. The third kappa shape index (κ3) is 14.9. The van der Waals surface area contributed by atoms with Gasteiger partial charge in [0.25, 0.3) is 0 Å². The molecular formula is C33H49N7O5. The molecule has 246 valence electrons. The van der Waals surface area contributed by atoms with Crippen LogP contribution in [0, 0.1) is 6.92 Å². The molecule has 0 radical (unpaired) electrons. The van der Waals surface area contributed by atoms with Gasteiger partial charge in [-0.05, 0) is 93.9 Å². The third-order valence-corrected chi connectivity index (χ3v) is 7.88. The number of aromatic nitrogens is 3. The number of carbonyl (C=O) groups is 2. The van der Waals surface area contributed by atoms with Crippen molar-refractivity contribution in [1.82, 2.24) is 20.3 Å². The largest absolute Gasteiger partial charge is 0.379 e. The maximum Gasteiger partial charge on any atom is 0.222 e. The van der Waals surface area contributed by atoms with Gasteiger partial charge >= 0.3 is 0 Å². The first-order valence-corrected chi connectivity index (χ1v) is 16.2. The fourth-order valence-electron chi connectivity index (χ4n) is 5.49. The number of nitrogens with one attached hydrogen (secondary N) is 1. The average Bonchev–Trinajstić information content (AvgIpc) is 3.03. The number of amides is 1. The molecule has 0 saturated carbocycles. The SMILES string of the molecule is CC(=O)C[C@@H](CCCC(CCc1ccc2c(n1)CCCC2)NC(=O)CCOCCOCCOCCN=[N+]=[N-])c1cnc(C)nc1. The molecule has 0 fully saturated rings. The van der Waals surface area contributed by atoms with Crippen molar-refractivity contribution >= 4 is 11.7 Å². The predicted molar refractivity (Wildman–Crippen MR) is 171 cm³/mol. The molecule has 1 N–H and O–H groups in total. The van der Waals surface area contributed by atoms with Crippen molar-refractivity contribution in [3.63, 3.8) is 0 Å². The van der Waals surface area contributed by atoms with Crippen LogP contribution in [0.25, 0.3) is 10.4 Å². The Labute approximate surface area is 266 Å². The van der Waals surface area contributed by atoms with E-state index in [0.29, 0.717) is 58.4 Å². The van der Waals surface area contributed by atoms with Crippen molar-refractivity contribution in [3.05, 3.63) is 63.3 Å². The molecule has 0 bridgehead atoms. The van der Waals surface area contributed by atoms with Gasteiger partial charge in [-0.2, -0.15) is 0 Å². The van der Waals surface area contributed by atoms with Gasteiger partial charge in [-0.1, -0.05) is 17.6 Å². The molecule has 45 heavy (non-hydrogen) atoms. The summed E-state index contributed by atoms with van der Waals surface area (Å²) < 4.78 is 16.3. The Balaban J connectivity index is 1.45.